The largest absolute Gasteiger partial charge is 0.350 e. The summed E-state index contributed by atoms with van der Waals surface area (Å²) in [6.45, 7) is 3.34. The molecule has 158 valence electrons. The van der Waals surface area contributed by atoms with Crippen LogP contribution in [0, 0.1) is 18.8 Å². The summed E-state index contributed by atoms with van der Waals surface area (Å²) in [5.41, 5.74) is 3.65. The first-order valence-electron chi connectivity index (χ1n) is 10.5. The predicted octanol–water partition coefficient (Wildman–Crippen LogP) is 5.38. The number of likely N-dealkylation sites (tertiary alicyclic amines) is 1. The van der Waals surface area contributed by atoms with Gasteiger partial charge in [0.25, 0.3) is 11.8 Å². The Kier molecular flexibility index (Phi) is 5.44. The molecule has 1 saturated carbocycles. The van der Waals surface area contributed by atoms with Gasteiger partial charge in [0.1, 0.15) is 0 Å². The van der Waals surface area contributed by atoms with Crippen LogP contribution in [-0.4, -0.2) is 35.8 Å². The number of halogens is 1. The number of benzene rings is 2. The quantitative estimate of drug-likeness (QED) is 0.517. The van der Waals surface area contributed by atoms with E-state index in [0.717, 1.165) is 33.4 Å². The van der Waals surface area contributed by atoms with Gasteiger partial charge in [-0.3, -0.25) is 9.59 Å². The van der Waals surface area contributed by atoms with Crippen LogP contribution in [0.15, 0.2) is 64.5 Å². The van der Waals surface area contributed by atoms with Gasteiger partial charge in [0.05, 0.1) is 11.6 Å². The second-order valence-electron chi connectivity index (χ2n) is 8.44. The summed E-state index contributed by atoms with van der Waals surface area (Å²) in [5.74, 6) is 1.03. The molecule has 0 bridgehead atoms. The van der Waals surface area contributed by atoms with Crippen LogP contribution in [0.4, 0.5) is 0 Å². The van der Waals surface area contributed by atoms with Crippen molar-refractivity contribution in [3.05, 3.63) is 81.1 Å². The van der Waals surface area contributed by atoms with Crippen molar-refractivity contribution in [2.24, 2.45) is 11.8 Å². The van der Waals surface area contributed by atoms with E-state index < -0.39 is 0 Å². The van der Waals surface area contributed by atoms with Gasteiger partial charge in [-0.2, -0.15) is 0 Å². The molecule has 2 aliphatic rings. The van der Waals surface area contributed by atoms with Crippen LogP contribution < -0.4 is 5.32 Å². The Hall–Kier alpha value is -2.44. The highest BCUT2D eigenvalue weighted by Gasteiger charge is 2.54. The number of carbonyl (C=O) groups excluding carboxylic acids is 2. The molecule has 2 aromatic carbocycles. The smallest absolute Gasteiger partial charge is 0.255 e. The summed E-state index contributed by atoms with van der Waals surface area (Å²) in [4.78, 5) is 29.2. The number of fused-ring (bicyclic) bond motifs is 1. The lowest BCUT2D eigenvalue weighted by atomic mass is 10.1. The number of nitrogens with one attached hydrogen (secondary N) is 1. The van der Waals surface area contributed by atoms with E-state index in [9.17, 15) is 9.59 Å². The third-order valence-corrected chi connectivity index (χ3v) is 7.76. The highest BCUT2D eigenvalue weighted by atomic mass is 79.9. The first-order chi connectivity index (χ1) is 15.0. The number of rotatable bonds is 5. The van der Waals surface area contributed by atoms with Crippen LogP contribution in [0.2, 0.25) is 0 Å². The predicted molar refractivity (Wildman–Crippen MR) is 127 cm³/mol. The molecule has 1 saturated heterocycles. The van der Waals surface area contributed by atoms with Crippen molar-refractivity contribution in [2.75, 3.05) is 13.1 Å². The lowest BCUT2D eigenvalue weighted by Crippen LogP contribution is -2.45. The summed E-state index contributed by atoms with van der Waals surface area (Å²) >= 11 is 5.02. The Labute approximate surface area is 194 Å². The Morgan fingerprint density at radius 1 is 1.16 bits per heavy atom. The van der Waals surface area contributed by atoms with Gasteiger partial charge in [0, 0.05) is 28.0 Å². The molecule has 1 unspecified atom stereocenters. The standard InChI is InChI=1S/C25H23BrN2O2S/c1-15-4-2-5-16(10-15)23-20(8-9-31-23)25(30)28-14-18-12-21(18)22(28)13-27-24(29)17-6-3-7-19(26)11-17/h2-11,18,21-22H,12-14H2,1H3,(H,27,29)/t18?,21-,22+/m0/s1. The Bertz CT molecular complexity index is 1160. The third-order valence-electron chi connectivity index (χ3n) is 6.30. The fourth-order valence-corrected chi connectivity index (χ4v) is 5.92. The Morgan fingerprint density at radius 3 is 2.81 bits per heavy atom. The van der Waals surface area contributed by atoms with Crippen LogP contribution in [-0.2, 0) is 0 Å². The molecule has 3 aromatic rings. The molecule has 1 N–H and O–H groups in total. The number of aryl methyl sites for hydroxylation is 1. The van der Waals surface area contributed by atoms with Gasteiger partial charge in [0.2, 0.25) is 0 Å². The summed E-state index contributed by atoms with van der Waals surface area (Å²) in [5, 5.41) is 5.05. The fourth-order valence-electron chi connectivity index (χ4n) is 4.64. The van der Waals surface area contributed by atoms with E-state index in [0.29, 0.717) is 23.9 Å². The van der Waals surface area contributed by atoms with E-state index in [-0.39, 0.29) is 17.9 Å². The second-order valence-corrected chi connectivity index (χ2v) is 10.3. The normalized spacial score (nSPS) is 21.6. The maximum absolute atomic E-state index is 13.5. The van der Waals surface area contributed by atoms with Crippen molar-refractivity contribution in [1.29, 1.82) is 0 Å². The number of thiophene rings is 1. The van der Waals surface area contributed by atoms with Gasteiger partial charge in [0.15, 0.2) is 0 Å². The highest BCUT2D eigenvalue weighted by molar-refractivity contribution is 9.10. The molecule has 4 nitrogen and oxygen atoms in total. The molecule has 1 aromatic heterocycles. The molecule has 1 aliphatic heterocycles. The number of hydrogen-bond acceptors (Lipinski definition) is 3. The van der Waals surface area contributed by atoms with Crippen LogP contribution >= 0.6 is 27.3 Å². The van der Waals surface area contributed by atoms with Gasteiger partial charge in [-0.25, -0.2) is 0 Å². The van der Waals surface area contributed by atoms with E-state index >= 15 is 0 Å². The number of hydrogen-bond donors (Lipinski definition) is 1. The minimum absolute atomic E-state index is 0.0545. The highest BCUT2D eigenvalue weighted by Crippen LogP contribution is 2.50. The Balaban J connectivity index is 1.33. The molecule has 6 heteroatoms. The van der Waals surface area contributed by atoms with E-state index in [4.69, 9.17) is 0 Å². The Morgan fingerprint density at radius 2 is 2.00 bits per heavy atom. The SMILES string of the molecule is Cc1cccc(-c2sccc2C(=O)N2CC3C[C@@H]3[C@H]2CNC(=O)c2cccc(Br)c2)c1. The van der Waals surface area contributed by atoms with Gasteiger partial charge < -0.3 is 10.2 Å². The first kappa shape index (κ1) is 20.5. The maximum atomic E-state index is 13.5. The summed E-state index contributed by atoms with van der Waals surface area (Å²) in [6, 6.07) is 17.6. The molecule has 1 aliphatic carbocycles. The van der Waals surface area contributed by atoms with Gasteiger partial charge in [-0.05, 0) is 60.4 Å². The van der Waals surface area contributed by atoms with Crippen molar-refractivity contribution in [3.8, 4) is 10.4 Å². The number of nitrogens with zero attached hydrogens (tertiary/aromatic N) is 1. The molecule has 5 rings (SSSR count). The van der Waals surface area contributed by atoms with Gasteiger partial charge in [-0.15, -0.1) is 11.3 Å². The lowest BCUT2D eigenvalue weighted by Gasteiger charge is -2.28. The zero-order chi connectivity index (χ0) is 21.5. The molecule has 0 radical (unpaired) electrons. The van der Waals surface area contributed by atoms with Crippen LogP contribution in [0.25, 0.3) is 10.4 Å². The summed E-state index contributed by atoms with van der Waals surface area (Å²) in [7, 11) is 0. The number of amides is 2. The molecule has 2 amide bonds. The lowest BCUT2D eigenvalue weighted by molar-refractivity contribution is 0.0696. The second kappa shape index (κ2) is 8.24. The topological polar surface area (TPSA) is 49.4 Å². The third kappa shape index (κ3) is 4.06. The van der Waals surface area contributed by atoms with E-state index in [1.54, 1.807) is 17.4 Å². The average Bonchev–Trinajstić information content (AvgIpc) is 3.20. The van der Waals surface area contributed by atoms with Gasteiger partial charge >= 0.3 is 0 Å². The fraction of sp³-hybridized carbons (Fsp3) is 0.280. The molecule has 2 fully saturated rings. The minimum Gasteiger partial charge on any atom is -0.350 e. The average molecular weight is 495 g/mol. The number of piperidine rings is 1. The first-order valence-corrected chi connectivity index (χ1v) is 12.2. The zero-order valence-corrected chi connectivity index (χ0v) is 19.6. The van der Waals surface area contributed by atoms with Crippen molar-refractivity contribution >= 4 is 39.1 Å². The molecule has 2 heterocycles. The van der Waals surface area contributed by atoms with Crippen molar-refractivity contribution in [2.45, 2.75) is 19.4 Å². The summed E-state index contributed by atoms with van der Waals surface area (Å²) in [6.07, 6.45) is 1.15. The molecular formula is C25H23BrN2O2S. The maximum Gasteiger partial charge on any atom is 0.255 e. The zero-order valence-electron chi connectivity index (χ0n) is 17.2. The van der Waals surface area contributed by atoms with Gasteiger partial charge in [-0.1, -0.05) is 51.8 Å². The van der Waals surface area contributed by atoms with E-state index in [1.165, 1.54) is 5.56 Å². The molecule has 3 atom stereocenters. The monoisotopic (exact) mass is 494 g/mol. The van der Waals surface area contributed by atoms with Crippen molar-refractivity contribution in [1.82, 2.24) is 10.2 Å². The van der Waals surface area contributed by atoms with Crippen LogP contribution in [0.3, 0.4) is 0 Å². The van der Waals surface area contributed by atoms with Crippen molar-refractivity contribution < 1.29 is 9.59 Å². The summed E-state index contributed by atoms with van der Waals surface area (Å²) < 4.78 is 0.876. The van der Waals surface area contributed by atoms with E-state index in [2.05, 4.69) is 46.4 Å². The van der Waals surface area contributed by atoms with E-state index in [1.807, 2.05) is 40.6 Å². The molecule has 31 heavy (non-hydrogen) atoms. The van der Waals surface area contributed by atoms with Crippen LogP contribution in [0.5, 0.6) is 0 Å². The van der Waals surface area contributed by atoms with Crippen LogP contribution in [0.1, 0.15) is 32.7 Å². The molecule has 0 spiro atoms. The van der Waals surface area contributed by atoms with Crippen molar-refractivity contribution in [3.63, 3.8) is 0 Å². The molecular weight excluding hydrogens is 472 g/mol. The number of carbonyl (C=O) groups is 2. The minimum atomic E-state index is -0.103.